The minimum atomic E-state index is -0.519. The molecule has 1 aromatic carbocycles. The molecule has 3 nitrogen and oxygen atoms in total. The van der Waals surface area contributed by atoms with Crippen LogP contribution in [0.2, 0.25) is 0 Å². The van der Waals surface area contributed by atoms with Crippen LogP contribution >= 0.6 is 11.6 Å². The van der Waals surface area contributed by atoms with E-state index in [1.807, 2.05) is 0 Å². The lowest BCUT2D eigenvalue weighted by atomic mass is 10.2. The summed E-state index contributed by atoms with van der Waals surface area (Å²) in [5.41, 5.74) is 0.391. The first-order valence-electron chi connectivity index (χ1n) is 3.16. The van der Waals surface area contributed by atoms with Gasteiger partial charge in [0.1, 0.15) is 5.75 Å². The Labute approximate surface area is 75.2 Å². The predicted octanol–water partition coefficient (Wildman–Crippen LogP) is 0.971. The normalized spacial score (nSPS) is 9.17. The molecule has 0 saturated carbocycles. The van der Waals surface area contributed by atoms with Crippen LogP contribution in [0, 0.1) is 0 Å². The molecule has 0 fully saturated rings. The van der Waals surface area contributed by atoms with E-state index in [1.54, 1.807) is 0 Å². The van der Waals surface area contributed by atoms with Gasteiger partial charge in [0.15, 0.2) is 0 Å². The van der Waals surface area contributed by atoms with E-state index in [9.17, 15) is 4.79 Å². The summed E-state index contributed by atoms with van der Waals surface area (Å²) >= 11 is 5.20. The zero-order valence-corrected chi connectivity index (χ0v) is 6.78. The van der Waals surface area contributed by atoms with E-state index in [1.165, 1.54) is 24.3 Å². The average Bonchev–Trinajstić information content (AvgIpc) is 2.06. The van der Waals surface area contributed by atoms with Crippen LogP contribution in [0.1, 0.15) is 10.4 Å². The fourth-order valence-corrected chi connectivity index (χ4v) is 0.851. The molecule has 61 valence electrons. The molecule has 0 spiro atoms. The van der Waals surface area contributed by atoms with Gasteiger partial charge in [-0.2, -0.15) is 0 Å². The summed E-state index contributed by atoms with van der Waals surface area (Å²) in [6.45, 7) is 0. The molecule has 0 atom stereocenters. The smallest absolute Gasteiger partial charge is 0.537 e. The van der Waals surface area contributed by atoms with Crippen molar-refractivity contribution >= 4 is 24.5 Å². The summed E-state index contributed by atoms with van der Waals surface area (Å²) in [4.78, 5) is 10.6. The van der Waals surface area contributed by atoms with E-state index >= 15 is 0 Å². The topological polar surface area (TPSA) is 46.5 Å². The maximum Gasteiger partial charge on any atom is 0.569 e. The highest BCUT2D eigenvalue weighted by Gasteiger charge is 2.00. The van der Waals surface area contributed by atoms with E-state index < -0.39 is 5.24 Å². The number of hydrogen-bond donors (Lipinski definition) is 1. The van der Waals surface area contributed by atoms with Gasteiger partial charge in [-0.3, -0.25) is 4.79 Å². The van der Waals surface area contributed by atoms with Gasteiger partial charge >= 0.3 is 7.69 Å². The van der Waals surface area contributed by atoms with Gasteiger partial charge in [0, 0.05) is 5.56 Å². The molecule has 0 amide bonds. The van der Waals surface area contributed by atoms with Crippen LogP contribution in [0.3, 0.4) is 0 Å². The summed E-state index contributed by atoms with van der Waals surface area (Å²) < 4.78 is 4.62. The van der Waals surface area contributed by atoms with Gasteiger partial charge in [-0.15, -0.1) is 0 Å². The quantitative estimate of drug-likeness (QED) is 0.561. The van der Waals surface area contributed by atoms with Crippen LogP contribution in [-0.2, 0) is 0 Å². The maximum atomic E-state index is 10.6. The highest BCUT2D eigenvalue weighted by molar-refractivity contribution is 6.67. The van der Waals surface area contributed by atoms with Gasteiger partial charge in [-0.05, 0) is 35.9 Å². The molecular weight excluding hydrogens is 178 g/mol. The Hall–Kier alpha value is -0.995. The Bertz CT molecular complexity index is 272. The first kappa shape index (κ1) is 9.10. The molecule has 12 heavy (non-hydrogen) atoms. The third-order valence-corrected chi connectivity index (χ3v) is 1.49. The van der Waals surface area contributed by atoms with E-state index in [2.05, 4.69) is 4.65 Å². The minimum Gasteiger partial charge on any atom is -0.537 e. The van der Waals surface area contributed by atoms with Gasteiger partial charge in [0.25, 0.3) is 5.24 Å². The van der Waals surface area contributed by atoms with Gasteiger partial charge < -0.3 is 9.68 Å². The second-order valence-electron chi connectivity index (χ2n) is 2.02. The molecule has 1 aromatic rings. The predicted molar refractivity (Wildman–Crippen MR) is 45.2 cm³/mol. The summed E-state index contributed by atoms with van der Waals surface area (Å²) in [6.07, 6.45) is 0. The summed E-state index contributed by atoms with van der Waals surface area (Å²) in [7, 11) is 0.567. The van der Waals surface area contributed by atoms with Crippen molar-refractivity contribution < 1.29 is 14.5 Å². The second kappa shape index (κ2) is 4.14. The number of carbonyl (C=O) groups is 1. The lowest BCUT2D eigenvalue weighted by molar-refractivity contribution is 0.108. The third kappa shape index (κ3) is 2.25. The molecule has 0 heterocycles. The first-order valence-corrected chi connectivity index (χ1v) is 3.54. The van der Waals surface area contributed by atoms with Gasteiger partial charge in [-0.1, -0.05) is 0 Å². The standard InChI is InChI=1S/C7H5BClO3/c9-7(10)5-1-3-6(4-2-5)12-8-11/h1-4,11H. The van der Waals surface area contributed by atoms with E-state index in [4.69, 9.17) is 16.6 Å². The SMILES string of the molecule is O=C(Cl)c1ccc(O[B]O)cc1. The van der Waals surface area contributed by atoms with Gasteiger partial charge in [0.05, 0.1) is 0 Å². The molecule has 1 radical (unpaired) electrons. The molecule has 0 bridgehead atoms. The van der Waals surface area contributed by atoms with Crippen molar-refractivity contribution in [3.63, 3.8) is 0 Å². The van der Waals surface area contributed by atoms with Crippen LogP contribution < -0.4 is 4.65 Å². The Balaban J connectivity index is 2.78. The van der Waals surface area contributed by atoms with Crippen molar-refractivity contribution in [2.75, 3.05) is 0 Å². The molecule has 0 unspecified atom stereocenters. The van der Waals surface area contributed by atoms with Gasteiger partial charge in [-0.25, -0.2) is 0 Å². The second-order valence-corrected chi connectivity index (χ2v) is 2.36. The number of rotatable bonds is 3. The lowest BCUT2D eigenvalue weighted by Crippen LogP contribution is -1.99. The molecule has 0 aliphatic rings. The fraction of sp³-hybridized carbons (Fsp3) is 0. The van der Waals surface area contributed by atoms with Crippen LogP contribution in [0.5, 0.6) is 5.75 Å². The molecule has 0 aliphatic carbocycles. The Morgan fingerprint density at radius 2 is 2.00 bits per heavy atom. The Morgan fingerprint density at radius 1 is 1.42 bits per heavy atom. The third-order valence-electron chi connectivity index (χ3n) is 1.27. The summed E-state index contributed by atoms with van der Waals surface area (Å²) in [6, 6.07) is 6.08. The molecule has 0 aromatic heterocycles. The zero-order chi connectivity index (χ0) is 8.97. The van der Waals surface area contributed by atoms with Crippen molar-refractivity contribution in [3.05, 3.63) is 29.8 Å². The van der Waals surface area contributed by atoms with E-state index in [0.29, 0.717) is 19.0 Å². The fourth-order valence-electron chi connectivity index (χ4n) is 0.725. The Kier molecular flexibility index (Phi) is 3.14. The summed E-state index contributed by atoms with van der Waals surface area (Å²) in [5, 5.41) is 7.74. The van der Waals surface area contributed by atoms with Crippen LogP contribution in [0.15, 0.2) is 24.3 Å². The highest BCUT2D eigenvalue weighted by Crippen LogP contribution is 2.12. The molecular formula is C7H5BClO3. The largest absolute Gasteiger partial charge is 0.569 e. The first-order chi connectivity index (χ1) is 5.74. The van der Waals surface area contributed by atoms with Crippen molar-refractivity contribution in [1.82, 2.24) is 0 Å². The summed E-state index contributed by atoms with van der Waals surface area (Å²) in [5.74, 6) is 0.444. The van der Waals surface area contributed by atoms with Crippen LogP contribution in [0.25, 0.3) is 0 Å². The van der Waals surface area contributed by atoms with Crippen LogP contribution in [-0.4, -0.2) is 18.0 Å². The number of benzene rings is 1. The van der Waals surface area contributed by atoms with E-state index in [-0.39, 0.29) is 0 Å². The van der Waals surface area contributed by atoms with Crippen molar-refractivity contribution in [1.29, 1.82) is 0 Å². The van der Waals surface area contributed by atoms with Crippen molar-refractivity contribution in [2.45, 2.75) is 0 Å². The average molecular weight is 183 g/mol. The molecule has 1 N–H and O–H groups in total. The van der Waals surface area contributed by atoms with Crippen molar-refractivity contribution in [3.8, 4) is 5.75 Å². The van der Waals surface area contributed by atoms with Crippen LogP contribution in [0.4, 0.5) is 0 Å². The number of carbonyl (C=O) groups excluding carboxylic acids is 1. The monoisotopic (exact) mass is 183 g/mol. The van der Waals surface area contributed by atoms with Gasteiger partial charge in [0.2, 0.25) is 0 Å². The molecule has 0 aliphatic heterocycles. The van der Waals surface area contributed by atoms with E-state index in [0.717, 1.165) is 0 Å². The van der Waals surface area contributed by atoms with Crippen molar-refractivity contribution in [2.24, 2.45) is 0 Å². The number of halogens is 1. The Morgan fingerprint density at radius 3 is 2.42 bits per heavy atom. The number of hydrogen-bond acceptors (Lipinski definition) is 3. The highest BCUT2D eigenvalue weighted by atomic mass is 35.5. The molecule has 1 rings (SSSR count). The maximum absolute atomic E-state index is 10.6. The minimum absolute atomic E-state index is 0.391. The molecule has 5 heteroatoms. The molecule has 0 saturated heterocycles. The lowest BCUT2D eigenvalue weighted by Gasteiger charge is -2.00. The zero-order valence-electron chi connectivity index (χ0n) is 6.03.